The lowest BCUT2D eigenvalue weighted by Gasteiger charge is -2.25. The number of ether oxygens (including phenoxy) is 1. The Balaban J connectivity index is 1.83. The largest absolute Gasteiger partial charge is 0.486 e. The first-order chi connectivity index (χ1) is 15.8. The van der Waals surface area contributed by atoms with Gasteiger partial charge in [0.2, 0.25) is 0 Å². The molecule has 1 heterocycles. The van der Waals surface area contributed by atoms with Gasteiger partial charge in [-0.25, -0.2) is 14.2 Å². The molecule has 1 fully saturated rings. The third kappa shape index (κ3) is 5.46. The second-order valence-electron chi connectivity index (χ2n) is 7.82. The summed E-state index contributed by atoms with van der Waals surface area (Å²) in [7, 11) is 3.14. The molecule has 1 aromatic rings. The summed E-state index contributed by atoms with van der Waals surface area (Å²) in [6, 6.07) is 2.66. The van der Waals surface area contributed by atoms with Crippen molar-refractivity contribution in [2.75, 3.05) is 33.8 Å². The lowest BCUT2D eigenvalue weighted by atomic mass is 9.89. The maximum absolute atomic E-state index is 13.9. The Morgan fingerprint density at radius 2 is 2.00 bits per heavy atom. The van der Waals surface area contributed by atoms with Crippen molar-refractivity contribution in [3.63, 3.8) is 0 Å². The highest BCUT2D eigenvalue weighted by Gasteiger charge is 2.58. The van der Waals surface area contributed by atoms with Crippen molar-refractivity contribution in [2.45, 2.75) is 24.6 Å². The number of amides is 1. The Morgan fingerprint density at radius 3 is 2.65 bits per heavy atom. The minimum Gasteiger partial charge on any atom is -0.486 e. The van der Waals surface area contributed by atoms with Gasteiger partial charge in [0.25, 0.3) is 0 Å². The van der Waals surface area contributed by atoms with E-state index in [0.29, 0.717) is 11.4 Å². The first kappa shape index (κ1) is 25.4. The third-order valence-electron chi connectivity index (χ3n) is 5.40. The number of likely N-dealkylation sites (N-methyl/N-ethyl adjacent to an activating group) is 2. The number of rotatable bonds is 7. The van der Waals surface area contributed by atoms with Crippen LogP contribution in [0.3, 0.4) is 0 Å². The zero-order valence-electron chi connectivity index (χ0n) is 18.2. The number of hydrazine groups is 1. The first-order valence-corrected chi connectivity index (χ1v) is 10.1. The van der Waals surface area contributed by atoms with Gasteiger partial charge in [-0.05, 0) is 30.2 Å². The molecule has 0 bridgehead atoms. The molecule has 13 heteroatoms. The highest BCUT2D eigenvalue weighted by molar-refractivity contribution is 6.02. The van der Waals surface area contributed by atoms with Crippen molar-refractivity contribution in [3.05, 3.63) is 47.3 Å². The number of carbonyl (C=O) groups is 1. The van der Waals surface area contributed by atoms with Crippen LogP contribution in [0.25, 0.3) is 5.57 Å². The quantitative estimate of drug-likeness (QED) is 0.564. The number of carboxylic acid groups (broad SMARTS) is 1. The predicted octanol–water partition coefficient (Wildman–Crippen LogP) is 3.94. The number of fused-ring (bicyclic) bond motifs is 1. The van der Waals surface area contributed by atoms with Crippen molar-refractivity contribution >= 4 is 17.5 Å². The third-order valence-corrected chi connectivity index (χ3v) is 5.40. The monoisotopic (exact) mass is 492 g/mol. The van der Waals surface area contributed by atoms with Crippen LogP contribution in [-0.2, 0) is 0 Å². The van der Waals surface area contributed by atoms with Crippen molar-refractivity contribution in [1.29, 1.82) is 0 Å². The summed E-state index contributed by atoms with van der Waals surface area (Å²) in [5, 5.41) is 10.6. The summed E-state index contributed by atoms with van der Waals surface area (Å²) >= 11 is 0. The number of hydrogen-bond donors (Lipinski definition) is 2. The van der Waals surface area contributed by atoms with Crippen LogP contribution in [0.1, 0.15) is 12.0 Å². The molecule has 0 radical (unpaired) electrons. The van der Waals surface area contributed by atoms with E-state index in [0.717, 1.165) is 28.7 Å². The Hall–Kier alpha value is -3.22. The molecule has 1 aromatic carbocycles. The molecule has 3 rings (SSSR count). The molecule has 1 saturated heterocycles. The van der Waals surface area contributed by atoms with Crippen LogP contribution in [0.15, 0.2) is 40.9 Å². The van der Waals surface area contributed by atoms with Gasteiger partial charge in [-0.3, -0.25) is 4.99 Å². The molecule has 2 aliphatic rings. The van der Waals surface area contributed by atoms with Gasteiger partial charge in [-0.2, -0.15) is 22.0 Å². The summed E-state index contributed by atoms with van der Waals surface area (Å²) < 4.78 is 82.8. The number of benzene rings is 1. The summed E-state index contributed by atoms with van der Waals surface area (Å²) in [6.45, 7) is -1.55. The van der Waals surface area contributed by atoms with Crippen LogP contribution in [0.5, 0.6) is 5.75 Å². The summed E-state index contributed by atoms with van der Waals surface area (Å²) in [5.74, 6) is -5.56. The molecule has 1 aliphatic heterocycles. The fraction of sp³-hybridized carbons (Fsp3) is 0.429. The average molecular weight is 492 g/mol. The number of alkyl halides is 5. The Kier molecular flexibility index (Phi) is 7.15. The average Bonchev–Trinajstić information content (AvgIpc) is 3.06. The minimum atomic E-state index is -5.78. The SMILES string of the molecule is CN(CCN=C1NN(C)C2CC(c3cc(F)ccc3OCC(F)(F)C(F)(F)F)=CC=C12)C(=O)O. The molecule has 186 valence electrons. The second kappa shape index (κ2) is 9.57. The van der Waals surface area contributed by atoms with Gasteiger partial charge in [0.15, 0.2) is 6.61 Å². The Morgan fingerprint density at radius 1 is 1.29 bits per heavy atom. The maximum atomic E-state index is 13.9. The number of nitrogens with one attached hydrogen (secondary N) is 1. The molecule has 2 N–H and O–H groups in total. The molecular formula is C21H22F6N4O3. The minimum absolute atomic E-state index is 0.0650. The normalized spacial score (nSPS) is 19.9. The molecule has 0 aromatic heterocycles. The van der Waals surface area contributed by atoms with Crippen LogP contribution in [0.4, 0.5) is 31.1 Å². The Labute approximate surface area is 191 Å². The van der Waals surface area contributed by atoms with E-state index in [-0.39, 0.29) is 36.9 Å². The van der Waals surface area contributed by atoms with Crippen LogP contribution in [0, 0.1) is 5.82 Å². The highest BCUT2D eigenvalue weighted by Crippen LogP contribution is 2.39. The highest BCUT2D eigenvalue weighted by atomic mass is 19.4. The van der Waals surface area contributed by atoms with E-state index in [4.69, 9.17) is 9.84 Å². The number of allylic oxidation sites excluding steroid dienone is 2. The molecule has 7 nitrogen and oxygen atoms in total. The van der Waals surface area contributed by atoms with Gasteiger partial charge in [-0.15, -0.1) is 0 Å². The van der Waals surface area contributed by atoms with E-state index >= 15 is 0 Å². The number of amidine groups is 1. The van der Waals surface area contributed by atoms with Crippen LogP contribution in [-0.4, -0.2) is 78.9 Å². The van der Waals surface area contributed by atoms with Gasteiger partial charge in [-0.1, -0.05) is 12.2 Å². The summed E-state index contributed by atoms with van der Waals surface area (Å²) in [4.78, 5) is 16.3. The van der Waals surface area contributed by atoms with Crippen molar-refractivity contribution in [2.24, 2.45) is 4.99 Å². The first-order valence-electron chi connectivity index (χ1n) is 10.1. The van der Waals surface area contributed by atoms with Crippen molar-refractivity contribution in [1.82, 2.24) is 15.3 Å². The molecule has 1 unspecified atom stereocenters. The summed E-state index contributed by atoms with van der Waals surface area (Å²) in [5.41, 5.74) is 4.35. The lowest BCUT2D eigenvalue weighted by Crippen LogP contribution is -2.41. The molecule has 0 spiro atoms. The van der Waals surface area contributed by atoms with Crippen molar-refractivity contribution in [3.8, 4) is 5.75 Å². The van der Waals surface area contributed by atoms with E-state index in [1.165, 1.54) is 7.05 Å². The second-order valence-corrected chi connectivity index (χ2v) is 7.82. The zero-order chi connectivity index (χ0) is 25.3. The Bertz CT molecular complexity index is 1040. The molecule has 1 atom stereocenters. The number of halogens is 6. The van der Waals surface area contributed by atoms with Crippen molar-refractivity contribution < 1.29 is 41.0 Å². The van der Waals surface area contributed by atoms with E-state index in [1.54, 1.807) is 24.2 Å². The fourth-order valence-corrected chi connectivity index (χ4v) is 3.44. The molecule has 34 heavy (non-hydrogen) atoms. The van der Waals surface area contributed by atoms with E-state index in [1.807, 2.05) is 0 Å². The van der Waals surface area contributed by atoms with Gasteiger partial charge in [0, 0.05) is 31.8 Å². The molecular weight excluding hydrogens is 470 g/mol. The maximum Gasteiger partial charge on any atom is 0.456 e. The van der Waals surface area contributed by atoms with E-state index < -0.39 is 30.6 Å². The van der Waals surface area contributed by atoms with Gasteiger partial charge in [0.05, 0.1) is 12.6 Å². The van der Waals surface area contributed by atoms with Gasteiger partial charge < -0.3 is 20.2 Å². The fourth-order valence-electron chi connectivity index (χ4n) is 3.44. The topological polar surface area (TPSA) is 77.4 Å². The number of aliphatic imine (C=N–C) groups is 1. The number of hydrogen-bond acceptors (Lipinski definition) is 4. The predicted molar refractivity (Wildman–Crippen MR) is 111 cm³/mol. The van der Waals surface area contributed by atoms with E-state index in [9.17, 15) is 31.1 Å². The van der Waals surface area contributed by atoms with Gasteiger partial charge >= 0.3 is 18.2 Å². The zero-order valence-corrected chi connectivity index (χ0v) is 18.2. The van der Waals surface area contributed by atoms with E-state index in [2.05, 4.69) is 10.4 Å². The number of nitrogens with zero attached hydrogens (tertiary/aromatic N) is 3. The van der Waals surface area contributed by atoms with Gasteiger partial charge in [0.1, 0.15) is 17.4 Å². The molecule has 1 amide bonds. The lowest BCUT2D eigenvalue weighted by molar-refractivity contribution is -0.290. The van der Waals surface area contributed by atoms with Crippen LogP contribution in [0.2, 0.25) is 0 Å². The van der Waals surface area contributed by atoms with Crippen LogP contribution < -0.4 is 10.2 Å². The standard InChI is InChI=1S/C21H22F6N4O3/c1-30(19(32)33)8-7-28-18-14-5-3-12(9-16(14)31(2)29-18)15-10-13(22)4-6-17(15)34-11-20(23,24)21(25,26)27/h3-6,10,16H,7-9,11H2,1-2H3,(H,28,29)(H,32,33). The molecule has 1 aliphatic carbocycles. The summed E-state index contributed by atoms with van der Waals surface area (Å²) in [6.07, 6.45) is -3.32. The smallest absolute Gasteiger partial charge is 0.456 e. The van der Waals surface area contributed by atoms with Crippen LogP contribution >= 0.6 is 0 Å². The molecule has 0 saturated carbocycles.